The molecule has 182 valence electrons. The van der Waals surface area contributed by atoms with Crippen LogP contribution in [0.2, 0.25) is 0 Å². The summed E-state index contributed by atoms with van der Waals surface area (Å²) in [5.74, 6) is -0.350. The number of fused-ring (bicyclic) bond motifs is 1. The summed E-state index contributed by atoms with van der Waals surface area (Å²) in [7, 11) is -4.20. The Kier molecular flexibility index (Phi) is 6.42. The lowest BCUT2D eigenvalue weighted by Crippen LogP contribution is -2.32. The molecule has 1 amide bonds. The van der Waals surface area contributed by atoms with Crippen LogP contribution in [-0.2, 0) is 16.6 Å². The van der Waals surface area contributed by atoms with Gasteiger partial charge in [0, 0.05) is 17.4 Å². The molecule has 0 spiro atoms. The van der Waals surface area contributed by atoms with Crippen LogP contribution in [-0.4, -0.2) is 23.9 Å². The van der Waals surface area contributed by atoms with Crippen molar-refractivity contribution in [2.45, 2.75) is 52.1 Å². The zero-order valence-electron chi connectivity index (χ0n) is 20.6. The molecule has 4 rings (SSSR count). The topological polar surface area (TPSA) is 107 Å². The Morgan fingerprint density at radius 2 is 1.71 bits per heavy atom. The number of nitrogens with two attached hydrogens (primary N) is 1. The highest BCUT2D eigenvalue weighted by Crippen LogP contribution is 2.28. The first kappa shape index (κ1) is 24.5. The molecule has 0 radical (unpaired) electrons. The normalized spacial score (nSPS) is 11.8. The first-order chi connectivity index (χ1) is 16.5. The molecule has 8 heteroatoms. The summed E-state index contributed by atoms with van der Waals surface area (Å²) in [6.45, 7) is 10.8. The number of aromatic nitrogens is 2. The van der Waals surface area contributed by atoms with Crippen LogP contribution in [0.25, 0.3) is 10.9 Å². The van der Waals surface area contributed by atoms with Gasteiger partial charge < -0.3 is 10.3 Å². The third kappa shape index (κ3) is 4.93. The minimum Gasteiger partial charge on any atom is -0.384 e. The van der Waals surface area contributed by atoms with Gasteiger partial charge in [-0.25, -0.2) is 9.71 Å². The first-order valence-electron chi connectivity index (χ1n) is 11.5. The third-order valence-electron chi connectivity index (χ3n) is 6.23. The number of aryl methyl sites for hydroxylation is 3. The van der Waals surface area contributed by atoms with Gasteiger partial charge in [0.15, 0.2) is 5.03 Å². The predicted molar refractivity (Wildman–Crippen MR) is 139 cm³/mol. The fourth-order valence-corrected chi connectivity index (χ4v) is 5.37. The van der Waals surface area contributed by atoms with Crippen molar-refractivity contribution in [3.05, 3.63) is 88.1 Å². The van der Waals surface area contributed by atoms with Crippen molar-refractivity contribution in [1.82, 2.24) is 14.3 Å². The Hall–Kier alpha value is -3.65. The maximum atomic E-state index is 13.4. The Labute approximate surface area is 206 Å². The largest absolute Gasteiger partial charge is 0.384 e. The first-order valence-corrected chi connectivity index (χ1v) is 12.9. The number of pyridine rings is 1. The molecular weight excluding hydrogens is 460 g/mol. The second-order valence-corrected chi connectivity index (χ2v) is 10.9. The lowest BCUT2D eigenvalue weighted by atomic mass is 9.99. The van der Waals surface area contributed by atoms with Gasteiger partial charge in [-0.05, 0) is 79.3 Å². The van der Waals surface area contributed by atoms with Gasteiger partial charge >= 0.3 is 0 Å². The highest BCUT2D eigenvalue weighted by molar-refractivity contribution is 7.90. The second kappa shape index (κ2) is 9.19. The van der Waals surface area contributed by atoms with Crippen molar-refractivity contribution in [3.8, 4) is 0 Å². The van der Waals surface area contributed by atoms with Crippen LogP contribution in [0.15, 0.2) is 59.6 Å². The van der Waals surface area contributed by atoms with E-state index < -0.39 is 15.9 Å². The lowest BCUT2D eigenvalue weighted by Gasteiger charge is -2.16. The molecule has 0 saturated heterocycles. The van der Waals surface area contributed by atoms with E-state index in [0.717, 1.165) is 33.2 Å². The van der Waals surface area contributed by atoms with E-state index in [1.165, 1.54) is 23.8 Å². The summed E-state index contributed by atoms with van der Waals surface area (Å²) in [5, 5.41) is 0.573. The molecule has 35 heavy (non-hydrogen) atoms. The molecule has 0 aliphatic carbocycles. The minimum absolute atomic E-state index is 0.0565. The molecule has 2 heterocycles. The standard InChI is InChI=1S/C27H30N4O3S/c1-16(2)20-9-10-23-21(13-20)14-24(31(23)15-22-18(4)11-17(3)12-19(22)5)27(32)30-35(33,34)26-8-6-7-25(28)29-26/h6-14,16H,15H2,1-5H3,(H2,28,29)(H,30,32). The number of carbonyl (C=O) groups is 1. The van der Waals surface area contributed by atoms with Gasteiger partial charge in [0.2, 0.25) is 0 Å². The average molecular weight is 491 g/mol. The number of amides is 1. The molecule has 0 fully saturated rings. The van der Waals surface area contributed by atoms with Crippen LogP contribution in [0.4, 0.5) is 5.82 Å². The summed E-state index contributed by atoms with van der Waals surface area (Å²) in [5.41, 5.74) is 12.4. The van der Waals surface area contributed by atoms with Crippen LogP contribution < -0.4 is 10.5 Å². The Morgan fingerprint density at radius 1 is 1.03 bits per heavy atom. The number of nitrogens with one attached hydrogen (secondary N) is 1. The average Bonchev–Trinajstić information content (AvgIpc) is 3.13. The lowest BCUT2D eigenvalue weighted by molar-refractivity contribution is 0.0973. The van der Waals surface area contributed by atoms with Gasteiger partial charge in [-0.3, -0.25) is 4.79 Å². The summed E-state index contributed by atoms with van der Waals surface area (Å²) in [6.07, 6.45) is 0. The highest BCUT2D eigenvalue weighted by atomic mass is 32.2. The molecule has 3 N–H and O–H groups in total. The predicted octanol–water partition coefficient (Wildman–Crippen LogP) is 4.83. The Bertz CT molecular complexity index is 1530. The van der Waals surface area contributed by atoms with Gasteiger partial charge in [-0.2, -0.15) is 8.42 Å². The van der Waals surface area contributed by atoms with E-state index in [0.29, 0.717) is 12.5 Å². The molecule has 0 bridgehead atoms. The maximum Gasteiger partial charge on any atom is 0.281 e. The van der Waals surface area contributed by atoms with Crippen molar-refractivity contribution < 1.29 is 13.2 Å². The van der Waals surface area contributed by atoms with Crippen molar-refractivity contribution in [1.29, 1.82) is 0 Å². The monoisotopic (exact) mass is 490 g/mol. The summed E-state index contributed by atoms with van der Waals surface area (Å²) >= 11 is 0. The van der Waals surface area contributed by atoms with Gasteiger partial charge in [0.25, 0.3) is 15.9 Å². The van der Waals surface area contributed by atoms with Gasteiger partial charge in [0.1, 0.15) is 11.5 Å². The van der Waals surface area contributed by atoms with E-state index in [4.69, 9.17) is 5.73 Å². The third-order valence-corrected chi connectivity index (χ3v) is 7.46. The van der Waals surface area contributed by atoms with Gasteiger partial charge in [-0.1, -0.05) is 43.7 Å². The molecule has 2 aromatic heterocycles. The number of benzene rings is 2. The molecule has 0 atom stereocenters. The fraction of sp³-hybridized carbons (Fsp3) is 0.259. The van der Waals surface area contributed by atoms with E-state index in [2.05, 4.69) is 48.7 Å². The fourth-order valence-electron chi connectivity index (χ4n) is 4.43. The highest BCUT2D eigenvalue weighted by Gasteiger charge is 2.24. The van der Waals surface area contributed by atoms with Crippen LogP contribution in [0.5, 0.6) is 0 Å². The molecule has 2 aromatic carbocycles. The zero-order valence-corrected chi connectivity index (χ0v) is 21.4. The summed E-state index contributed by atoms with van der Waals surface area (Å²) in [4.78, 5) is 17.2. The molecular formula is C27H30N4O3S. The van der Waals surface area contributed by atoms with Crippen molar-refractivity contribution in [2.75, 3.05) is 5.73 Å². The summed E-state index contributed by atoms with van der Waals surface area (Å²) < 4.78 is 29.8. The zero-order chi connectivity index (χ0) is 25.5. The Morgan fingerprint density at radius 3 is 2.34 bits per heavy atom. The van der Waals surface area contributed by atoms with Crippen LogP contribution >= 0.6 is 0 Å². The molecule has 4 aromatic rings. The molecule has 7 nitrogen and oxygen atoms in total. The van der Waals surface area contributed by atoms with Crippen LogP contribution in [0, 0.1) is 20.8 Å². The summed E-state index contributed by atoms with van der Waals surface area (Å²) in [6, 6.07) is 16.3. The molecule has 0 aliphatic heterocycles. The molecule has 0 aliphatic rings. The number of carbonyl (C=O) groups excluding carboxylic acids is 1. The van der Waals surface area contributed by atoms with Gasteiger partial charge in [-0.15, -0.1) is 0 Å². The van der Waals surface area contributed by atoms with Crippen molar-refractivity contribution >= 4 is 32.7 Å². The maximum absolute atomic E-state index is 13.4. The van der Waals surface area contributed by atoms with Crippen molar-refractivity contribution in [2.24, 2.45) is 0 Å². The van der Waals surface area contributed by atoms with Crippen molar-refractivity contribution in [3.63, 3.8) is 0 Å². The quantitative estimate of drug-likeness (QED) is 0.402. The number of rotatable bonds is 6. The SMILES string of the molecule is Cc1cc(C)c(Cn2c(C(=O)NS(=O)(=O)c3cccc(N)n3)cc3cc(C(C)C)ccc32)c(C)c1. The number of anilines is 1. The van der Waals surface area contributed by atoms with E-state index in [9.17, 15) is 13.2 Å². The van der Waals surface area contributed by atoms with E-state index in [1.54, 1.807) is 6.07 Å². The van der Waals surface area contributed by atoms with Gasteiger partial charge in [0.05, 0.1) is 0 Å². The van der Waals surface area contributed by atoms with Crippen LogP contribution in [0.1, 0.15) is 58.1 Å². The number of sulfonamides is 1. The minimum atomic E-state index is -4.20. The molecule has 0 saturated carbocycles. The number of nitrogens with zero attached hydrogens (tertiary/aromatic N) is 2. The number of hydrogen-bond acceptors (Lipinski definition) is 5. The van der Waals surface area contributed by atoms with Crippen LogP contribution in [0.3, 0.4) is 0 Å². The van der Waals surface area contributed by atoms with E-state index in [1.807, 2.05) is 30.5 Å². The molecule has 0 unspecified atom stereocenters. The Balaban J connectivity index is 1.82. The smallest absolute Gasteiger partial charge is 0.281 e. The number of hydrogen-bond donors (Lipinski definition) is 2. The van der Waals surface area contributed by atoms with E-state index in [-0.39, 0.29) is 16.5 Å². The van der Waals surface area contributed by atoms with E-state index >= 15 is 0 Å². The second-order valence-electron chi connectivity index (χ2n) is 9.30. The number of nitrogen functional groups attached to an aromatic ring is 1.